The fourth-order valence-corrected chi connectivity index (χ4v) is 3.49. The van der Waals surface area contributed by atoms with Crippen molar-refractivity contribution in [2.75, 3.05) is 13.1 Å². The number of carbonyl (C=O) groups is 2. The Labute approximate surface area is 137 Å². The van der Waals surface area contributed by atoms with Crippen LogP contribution in [0.15, 0.2) is 28.7 Å². The zero-order chi connectivity index (χ0) is 15.9. The van der Waals surface area contributed by atoms with Crippen molar-refractivity contribution < 1.29 is 19.4 Å². The molecule has 118 valence electrons. The number of ether oxygens (including phenoxy) is 1. The summed E-state index contributed by atoms with van der Waals surface area (Å²) in [5.74, 6) is -0.754. The van der Waals surface area contributed by atoms with Gasteiger partial charge in [0.2, 0.25) is 5.91 Å². The first-order valence-corrected chi connectivity index (χ1v) is 8.17. The van der Waals surface area contributed by atoms with Crippen LogP contribution in [0.2, 0.25) is 0 Å². The summed E-state index contributed by atoms with van der Waals surface area (Å²) >= 11 is 3.45. The van der Waals surface area contributed by atoms with Gasteiger partial charge in [-0.2, -0.15) is 0 Å². The molecule has 4 atom stereocenters. The topological polar surface area (TPSA) is 66.8 Å². The largest absolute Gasteiger partial charge is 0.479 e. The molecule has 2 aliphatic rings. The highest BCUT2D eigenvalue weighted by atomic mass is 79.9. The fraction of sp³-hybridized carbons (Fsp3) is 0.500. The molecule has 1 aromatic rings. The first-order chi connectivity index (χ1) is 10.5. The Morgan fingerprint density at radius 1 is 1.36 bits per heavy atom. The summed E-state index contributed by atoms with van der Waals surface area (Å²) in [6.07, 6.45) is -0.337. The van der Waals surface area contributed by atoms with Gasteiger partial charge in [-0.1, -0.05) is 28.1 Å². The summed E-state index contributed by atoms with van der Waals surface area (Å²) in [6.45, 7) is 2.40. The van der Waals surface area contributed by atoms with Gasteiger partial charge >= 0.3 is 5.97 Å². The molecule has 1 amide bonds. The first-order valence-electron chi connectivity index (χ1n) is 7.38. The van der Waals surface area contributed by atoms with Gasteiger partial charge in [0.1, 0.15) is 0 Å². The Bertz CT molecular complexity index is 606. The maximum absolute atomic E-state index is 12.6. The van der Waals surface area contributed by atoms with E-state index in [1.807, 2.05) is 24.3 Å². The van der Waals surface area contributed by atoms with Crippen LogP contribution in [-0.4, -0.2) is 47.2 Å². The van der Waals surface area contributed by atoms with Gasteiger partial charge in [0.05, 0.1) is 12.6 Å². The lowest BCUT2D eigenvalue weighted by Crippen LogP contribution is -2.52. The van der Waals surface area contributed by atoms with Gasteiger partial charge in [0.25, 0.3) is 0 Å². The summed E-state index contributed by atoms with van der Waals surface area (Å²) in [4.78, 5) is 25.4. The second kappa shape index (κ2) is 6.01. The molecule has 1 saturated carbocycles. The Kier molecular flexibility index (Phi) is 4.23. The molecule has 0 aromatic heterocycles. The molecule has 1 N–H and O–H groups in total. The van der Waals surface area contributed by atoms with Crippen LogP contribution in [-0.2, 0) is 14.3 Å². The molecular weight excluding hydrogens is 350 g/mol. The Morgan fingerprint density at radius 2 is 2.14 bits per heavy atom. The van der Waals surface area contributed by atoms with E-state index in [4.69, 9.17) is 9.84 Å². The molecule has 3 unspecified atom stereocenters. The highest BCUT2D eigenvalue weighted by Crippen LogP contribution is 2.49. The van der Waals surface area contributed by atoms with E-state index >= 15 is 0 Å². The monoisotopic (exact) mass is 367 g/mol. The van der Waals surface area contributed by atoms with Crippen LogP contribution in [0, 0.1) is 5.92 Å². The number of hydrogen-bond donors (Lipinski definition) is 1. The molecule has 3 rings (SSSR count). The summed E-state index contributed by atoms with van der Waals surface area (Å²) < 4.78 is 6.36. The van der Waals surface area contributed by atoms with E-state index in [-0.39, 0.29) is 30.4 Å². The highest BCUT2D eigenvalue weighted by molar-refractivity contribution is 9.10. The number of halogens is 1. The van der Waals surface area contributed by atoms with Crippen molar-refractivity contribution in [3.63, 3.8) is 0 Å². The van der Waals surface area contributed by atoms with Gasteiger partial charge in [-0.05, 0) is 37.0 Å². The average Bonchev–Trinajstić information content (AvgIpc) is 3.26. The van der Waals surface area contributed by atoms with Crippen LogP contribution in [0.4, 0.5) is 0 Å². The van der Waals surface area contributed by atoms with E-state index < -0.39 is 12.1 Å². The molecule has 1 aromatic carbocycles. The van der Waals surface area contributed by atoms with Crippen molar-refractivity contribution in [2.24, 2.45) is 5.92 Å². The number of hydrogen-bond acceptors (Lipinski definition) is 3. The van der Waals surface area contributed by atoms with E-state index in [1.165, 1.54) is 0 Å². The molecule has 1 heterocycles. The van der Waals surface area contributed by atoms with E-state index in [1.54, 1.807) is 11.8 Å². The van der Waals surface area contributed by atoms with Crippen molar-refractivity contribution in [2.45, 2.75) is 31.5 Å². The number of benzene rings is 1. The Morgan fingerprint density at radius 3 is 2.82 bits per heavy atom. The third-order valence-electron chi connectivity index (χ3n) is 4.23. The summed E-state index contributed by atoms with van der Waals surface area (Å²) in [6, 6.07) is 8.00. The summed E-state index contributed by atoms with van der Waals surface area (Å²) in [7, 11) is 0. The van der Waals surface area contributed by atoms with Crippen LogP contribution in [0.5, 0.6) is 0 Å². The average molecular weight is 368 g/mol. The molecule has 0 bridgehead atoms. The number of morpholine rings is 1. The van der Waals surface area contributed by atoms with E-state index in [2.05, 4.69) is 15.9 Å². The summed E-state index contributed by atoms with van der Waals surface area (Å²) in [5.41, 5.74) is 1.16. The van der Waals surface area contributed by atoms with Crippen LogP contribution < -0.4 is 0 Å². The third-order valence-corrected chi connectivity index (χ3v) is 4.73. The molecule has 5 nitrogen and oxygen atoms in total. The van der Waals surface area contributed by atoms with Crippen LogP contribution in [0.3, 0.4) is 0 Å². The van der Waals surface area contributed by atoms with Crippen molar-refractivity contribution >= 4 is 27.8 Å². The van der Waals surface area contributed by atoms with E-state index in [0.717, 1.165) is 16.5 Å². The van der Waals surface area contributed by atoms with Crippen molar-refractivity contribution in [3.05, 3.63) is 34.3 Å². The standard InChI is InChI=1S/C16H18BrNO4/c1-9-7-18(8-14(22-9)16(20)21)15(19)13-6-12(13)10-3-2-4-11(17)5-10/h2-5,9,12-14H,6-8H2,1H3,(H,20,21)/t9-,12?,13?,14?/m1/s1. The Balaban J connectivity index is 1.66. The van der Waals surface area contributed by atoms with Crippen molar-refractivity contribution in [1.29, 1.82) is 0 Å². The molecule has 22 heavy (non-hydrogen) atoms. The maximum Gasteiger partial charge on any atom is 0.334 e. The summed E-state index contributed by atoms with van der Waals surface area (Å²) in [5, 5.41) is 9.10. The van der Waals surface area contributed by atoms with Crippen LogP contribution in [0.1, 0.15) is 24.8 Å². The second-order valence-electron chi connectivity index (χ2n) is 6.02. The minimum atomic E-state index is -1.01. The van der Waals surface area contributed by atoms with Gasteiger partial charge in [0, 0.05) is 16.9 Å². The predicted octanol–water partition coefficient (Wildman–Crippen LogP) is 2.25. The van der Waals surface area contributed by atoms with Crippen molar-refractivity contribution in [1.82, 2.24) is 4.90 Å². The first kappa shape index (κ1) is 15.5. The lowest BCUT2D eigenvalue weighted by atomic mass is 10.1. The van der Waals surface area contributed by atoms with E-state index in [0.29, 0.717) is 6.54 Å². The van der Waals surface area contributed by atoms with Gasteiger partial charge in [-0.3, -0.25) is 4.79 Å². The van der Waals surface area contributed by atoms with Crippen LogP contribution in [0.25, 0.3) is 0 Å². The quantitative estimate of drug-likeness (QED) is 0.889. The zero-order valence-corrected chi connectivity index (χ0v) is 13.8. The predicted molar refractivity (Wildman–Crippen MR) is 83.5 cm³/mol. The number of carbonyl (C=O) groups excluding carboxylic acids is 1. The number of carboxylic acids is 1. The highest BCUT2D eigenvalue weighted by Gasteiger charge is 2.47. The number of carboxylic acid groups (broad SMARTS) is 1. The molecule has 0 radical (unpaired) electrons. The molecule has 1 saturated heterocycles. The van der Waals surface area contributed by atoms with E-state index in [9.17, 15) is 9.59 Å². The molecule has 6 heteroatoms. The lowest BCUT2D eigenvalue weighted by Gasteiger charge is -2.35. The molecule has 1 aliphatic heterocycles. The molecule has 0 spiro atoms. The molecule has 1 aliphatic carbocycles. The molecule has 2 fully saturated rings. The Hall–Kier alpha value is -1.40. The van der Waals surface area contributed by atoms with Gasteiger partial charge < -0.3 is 14.7 Å². The number of aliphatic carboxylic acids is 1. The fourth-order valence-electron chi connectivity index (χ4n) is 3.08. The van der Waals surface area contributed by atoms with Gasteiger partial charge in [0.15, 0.2) is 6.10 Å². The maximum atomic E-state index is 12.6. The minimum absolute atomic E-state index is 0.0333. The second-order valence-corrected chi connectivity index (χ2v) is 6.94. The van der Waals surface area contributed by atoms with Crippen molar-refractivity contribution in [3.8, 4) is 0 Å². The third kappa shape index (κ3) is 3.17. The number of rotatable bonds is 3. The minimum Gasteiger partial charge on any atom is -0.479 e. The van der Waals surface area contributed by atoms with Gasteiger partial charge in [-0.25, -0.2) is 4.79 Å². The smallest absolute Gasteiger partial charge is 0.334 e. The van der Waals surface area contributed by atoms with Crippen LogP contribution >= 0.6 is 15.9 Å². The number of nitrogens with zero attached hydrogens (tertiary/aromatic N) is 1. The SMILES string of the molecule is C[C@@H]1CN(C(=O)C2CC2c2cccc(Br)c2)CC(C(=O)O)O1. The van der Waals surface area contributed by atoms with Gasteiger partial charge in [-0.15, -0.1) is 0 Å². The molecular formula is C16H18BrNO4. The lowest BCUT2D eigenvalue weighted by molar-refractivity contribution is -0.167. The number of amides is 1. The normalized spacial score (nSPS) is 30.9. The zero-order valence-electron chi connectivity index (χ0n) is 12.2.